The van der Waals surface area contributed by atoms with Gasteiger partial charge in [0.05, 0.1) is 37.6 Å². The van der Waals surface area contributed by atoms with Crippen molar-refractivity contribution < 1.29 is 62.3 Å². The van der Waals surface area contributed by atoms with Gasteiger partial charge in [0, 0.05) is 76.4 Å². The number of aliphatic hydroxyl groups is 1. The number of hydrazone groups is 1. The molecular weight excluding hydrogens is 1030 g/mol. The molecule has 2 saturated heterocycles. The van der Waals surface area contributed by atoms with E-state index in [-0.39, 0.29) is 48.4 Å². The third-order valence-electron chi connectivity index (χ3n) is 13.2. The topological polar surface area (TPSA) is 262 Å². The Morgan fingerprint density at radius 2 is 1.88 bits per heavy atom. The summed E-state index contributed by atoms with van der Waals surface area (Å²) in [6.07, 6.45) is 1.56. The van der Waals surface area contributed by atoms with E-state index in [0.29, 0.717) is 60.3 Å². The van der Waals surface area contributed by atoms with Gasteiger partial charge in [0.15, 0.2) is 5.72 Å². The van der Waals surface area contributed by atoms with E-state index in [1.54, 1.807) is 71.3 Å². The van der Waals surface area contributed by atoms with Gasteiger partial charge in [-0.1, -0.05) is 63.9 Å². The number of ether oxygens (including phenoxy) is 6. The molecule has 2 fully saturated rings. The summed E-state index contributed by atoms with van der Waals surface area (Å²) < 4.78 is 34.5. The smallest absolute Gasteiger partial charge is 0.409 e. The van der Waals surface area contributed by atoms with Crippen molar-refractivity contribution in [3.8, 4) is 11.6 Å². The number of hydrogen-bond donors (Lipinski definition) is 4. The summed E-state index contributed by atoms with van der Waals surface area (Å²) in [4.78, 5) is 82.0. The summed E-state index contributed by atoms with van der Waals surface area (Å²) in [7, 11) is 10.4. The molecule has 4 N–H and O–H groups in total. The zero-order chi connectivity index (χ0) is 55.4. The molecule has 4 heterocycles. The lowest BCUT2D eigenvalue weighted by Gasteiger charge is -2.42. The largest absolute Gasteiger partial charge is 0.495 e. The number of carbonyl (C=O) groups excluding carboxylic acids is 6. The van der Waals surface area contributed by atoms with Gasteiger partial charge in [0.1, 0.15) is 46.4 Å². The zero-order valence-corrected chi connectivity index (χ0v) is 47.0. The first kappa shape index (κ1) is 60.4. The Morgan fingerprint density at radius 1 is 1.15 bits per heavy atom. The fraction of sp³-hybridized carbons (Fsp3) is 0.588. The highest BCUT2D eigenvalue weighted by Gasteiger charge is 2.64. The minimum Gasteiger partial charge on any atom is -0.495 e. The molecule has 21 nitrogen and oxygen atoms in total. The van der Waals surface area contributed by atoms with Gasteiger partial charge >= 0.3 is 12.1 Å². The number of aromatic nitrogens is 2. The molecule has 75 heavy (non-hydrogen) atoms. The number of anilines is 1. The Bertz CT molecular complexity index is 2500. The summed E-state index contributed by atoms with van der Waals surface area (Å²) >= 11 is 6.82. The number of nitrogens with one attached hydrogen (secondary N) is 3. The molecule has 0 aliphatic carbocycles. The number of alkyl carbamates (subject to hydrolysis) is 1. The van der Waals surface area contributed by atoms with Crippen molar-refractivity contribution in [2.24, 2.45) is 11.0 Å². The molecule has 3 aliphatic rings. The van der Waals surface area contributed by atoms with Crippen LogP contribution in [0.1, 0.15) is 98.2 Å². The lowest BCUT2D eigenvalue weighted by atomic mass is 9.83. The van der Waals surface area contributed by atoms with Crippen LogP contribution in [-0.4, -0.2) is 156 Å². The van der Waals surface area contributed by atoms with E-state index in [1.165, 1.54) is 59.6 Å². The third kappa shape index (κ3) is 16.3. The van der Waals surface area contributed by atoms with Crippen LogP contribution in [0, 0.1) is 5.92 Å². The van der Waals surface area contributed by atoms with Gasteiger partial charge in [-0.2, -0.15) is 5.10 Å². The maximum atomic E-state index is 14.4. The summed E-state index contributed by atoms with van der Waals surface area (Å²) in [5.74, 6) is -1.58. The highest BCUT2D eigenvalue weighted by atomic mass is 35.5. The standard InChI is InChI=1S/C51H71ClN8O13S2/c1-29-15-13-16-38(69-12)51(67)27-37(71-48(66)54-51)30(2)46-50(7,73-46)39(26-44(64)60(10)35-24-33(23-29)25-36(68-11)45(35)52)72-47(65)32(4)59(9)43(63)20-22-74-75-49(5,6)28-41(62)57-55-31(3)34-18-19-42(58-56-34)70-21-14-17-40(61)53-8/h13,15-16,18-19,24-25,30,32,37-39,46,67H,14,17,20-23,26-28H2,1-12H3,(H,53,61)(H,54,66)(H,57,62)/b16-13+,29-15+,55-31+/t30-,32+,37+,38-,39+,46+,50+,51+/m1/s1. The Kier molecular flexibility index (Phi) is 21.4. The molecular formula is C51H71ClN8O13S2. The minimum absolute atomic E-state index is 0.0607. The van der Waals surface area contributed by atoms with Gasteiger partial charge in [-0.25, -0.2) is 15.0 Å². The van der Waals surface area contributed by atoms with Crippen LogP contribution in [0.4, 0.5) is 10.5 Å². The van der Waals surface area contributed by atoms with Gasteiger partial charge in [-0.05, 0) is 78.1 Å². The molecule has 24 heteroatoms. The number of epoxide rings is 1. The second-order valence-electron chi connectivity index (χ2n) is 19.6. The fourth-order valence-corrected chi connectivity index (χ4v) is 11.3. The third-order valence-corrected chi connectivity index (χ3v) is 16.9. The van der Waals surface area contributed by atoms with Gasteiger partial charge in [0.2, 0.25) is 29.5 Å². The summed E-state index contributed by atoms with van der Waals surface area (Å²) in [6.45, 7) is 12.7. The number of carbonyl (C=O) groups is 6. The lowest BCUT2D eigenvalue weighted by molar-refractivity contribution is -0.162. The first-order valence-electron chi connectivity index (χ1n) is 24.5. The van der Waals surface area contributed by atoms with Crippen LogP contribution in [0.2, 0.25) is 5.02 Å². The van der Waals surface area contributed by atoms with Crippen LogP contribution in [0.3, 0.4) is 0 Å². The first-order valence-corrected chi connectivity index (χ1v) is 27.2. The average molecular weight is 1100 g/mol. The Balaban J connectivity index is 1.22. The summed E-state index contributed by atoms with van der Waals surface area (Å²) in [5.41, 5.74) is 2.32. The maximum Gasteiger partial charge on any atom is 0.409 e. The van der Waals surface area contributed by atoms with Crippen molar-refractivity contribution in [3.63, 3.8) is 0 Å². The number of methoxy groups -OCH3 is 2. The van der Waals surface area contributed by atoms with Crippen LogP contribution >= 0.6 is 33.2 Å². The Hall–Kier alpha value is -5.46. The van der Waals surface area contributed by atoms with Crippen LogP contribution in [0.25, 0.3) is 0 Å². The number of rotatable bonds is 19. The molecule has 0 saturated carbocycles. The number of likely N-dealkylation sites (N-methyl/N-ethyl adjacent to an activating group) is 1. The van der Waals surface area contributed by atoms with Gasteiger partial charge in [-0.3, -0.25) is 24.5 Å². The maximum absolute atomic E-state index is 14.4. The number of hydrogen-bond acceptors (Lipinski definition) is 18. The molecule has 4 bridgehead atoms. The second-order valence-corrected chi connectivity index (χ2v) is 23.1. The summed E-state index contributed by atoms with van der Waals surface area (Å²) in [6, 6.07) is 5.77. The second kappa shape index (κ2) is 26.5. The molecule has 5 amide bonds. The monoisotopic (exact) mass is 1100 g/mol. The van der Waals surface area contributed by atoms with Crippen molar-refractivity contribution in [1.29, 1.82) is 0 Å². The fourth-order valence-electron chi connectivity index (χ4n) is 8.51. The summed E-state index contributed by atoms with van der Waals surface area (Å²) in [5, 5.41) is 29.4. The Morgan fingerprint density at radius 3 is 2.55 bits per heavy atom. The van der Waals surface area contributed by atoms with E-state index < -0.39 is 70.4 Å². The molecule has 0 spiro atoms. The quantitative estimate of drug-likeness (QED) is 0.0329. The highest BCUT2D eigenvalue weighted by Crippen LogP contribution is 2.49. The van der Waals surface area contributed by atoms with Crippen LogP contribution in [0.15, 0.2) is 53.2 Å². The van der Waals surface area contributed by atoms with E-state index in [0.717, 1.165) is 11.1 Å². The lowest BCUT2D eigenvalue weighted by Crippen LogP contribution is -2.63. The van der Waals surface area contributed by atoms with Crippen LogP contribution < -0.4 is 30.4 Å². The number of allylic oxidation sites excluding steroid dienone is 3. The molecule has 3 aliphatic heterocycles. The van der Waals surface area contributed by atoms with Gasteiger partial charge in [-0.15, -0.1) is 10.2 Å². The van der Waals surface area contributed by atoms with Crippen LogP contribution in [-0.2, 0) is 49.3 Å². The highest BCUT2D eigenvalue weighted by molar-refractivity contribution is 8.77. The van der Waals surface area contributed by atoms with Crippen molar-refractivity contribution in [2.45, 2.75) is 140 Å². The van der Waals surface area contributed by atoms with E-state index in [1.807, 2.05) is 26.8 Å². The molecule has 0 unspecified atom stereocenters. The molecule has 1 aromatic carbocycles. The van der Waals surface area contributed by atoms with Gasteiger partial charge in [0.25, 0.3) is 0 Å². The van der Waals surface area contributed by atoms with Crippen LogP contribution in [0.5, 0.6) is 11.6 Å². The predicted molar refractivity (Wildman–Crippen MR) is 285 cm³/mol. The van der Waals surface area contributed by atoms with Crippen molar-refractivity contribution in [1.82, 2.24) is 31.2 Å². The zero-order valence-electron chi connectivity index (χ0n) is 44.6. The number of esters is 1. The number of nitrogens with zero attached hydrogens (tertiary/aromatic N) is 5. The van der Waals surface area contributed by atoms with E-state index in [4.69, 9.17) is 40.0 Å². The average Bonchev–Trinajstić information content (AvgIpc) is 4.07. The first-order chi connectivity index (χ1) is 35.3. The molecule has 2 aromatic rings. The van der Waals surface area contributed by atoms with Crippen molar-refractivity contribution in [3.05, 3.63) is 64.3 Å². The van der Waals surface area contributed by atoms with E-state index >= 15 is 0 Å². The molecule has 0 radical (unpaired) electrons. The Labute approximate surface area is 451 Å². The van der Waals surface area contributed by atoms with E-state index in [9.17, 15) is 33.9 Å². The molecule has 8 atom stereocenters. The number of amides is 5. The molecule has 5 rings (SSSR count). The van der Waals surface area contributed by atoms with E-state index in [2.05, 4.69) is 31.4 Å². The minimum atomic E-state index is -1.87. The number of halogens is 1. The molecule has 1 aromatic heterocycles. The molecule has 412 valence electrons. The van der Waals surface area contributed by atoms with Crippen molar-refractivity contribution >= 4 is 80.3 Å². The predicted octanol–water partition coefficient (Wildman–Crippen LogP) is 5.69. The van der Waals surface area contributed by atoms with Gasteiger partial charge < -0.3 is 48.6 Å². The number of fused-ring (bicyclic) bond motifs is 5. The SMILES string of the molecule is CNC(=O)CCCOc1ccc(/C(C)=N/NC(=O)CC(C)(C)SSCCC(=O)N(C)[C@@H](C)C(=O)O[C@H]2CC(=O)N(C)c3cc(cc(OC)c3Cl)C/C(C)=C/C=C/[C@@H](OC)[C@@]3(O)C[C@H](OC(=O)N3)[C@@H](C)[C@@H]3O[C@@]23C)nn1. The number of benzene rings is 1. The van der Waals surface area contributed by atoms with Crippen molar-refractivity contribution in [2.75, 3.05) is 52.6 Å². The normalized spacial score (nSPS) is 25.7.